The van der Waals surface area contributed by atoms with E-state index in [0.29, 0.717) is 53.8 Å². The second-order valence-corrected chi connectivity index (χ2v) is 13.0. The summed E-state index contributed by atoms with van der Waals surface area (Å²) in [6.45, 7) is 0.826. The molecular weight excluding hydrogens is 548 g/mol. The van der Waals surface area contributed by atoms with Gasteiger partial charge in [0.1, 0.15) is 0 Å². The molecule has 1 saturated heterocycles. The molecule has 10 nitrogen and oxygen atoms in total. The van der Waals surface area contributed by atoms with Crippen LogP contribution in [0.1, 0.15) is 54.7 Å². The van der Waals surface area contributed by atoms with Gasteiger partial charge in [0.05, 0.1) is 16.6 Å². The first-order valence-electron chi connectivity index (χ1n) is 13.5. The molecule has 0 aliphatic carbocycles. The van der Waals surface area contributed by atoms with Crippen LogP contribution in [0.15, 0.2) is 57.9 Å². The van der Waals surface area contributed by atoms with Crippen molar-refractivity contribution in [2.45, 2.75) is 55.9 Å². The highest BCUT2D eigenvalue weighted by Crippen LogP contribution is 2.31. The van der Waals surface area contributed by atoms with Crippen molar-refractivity contribution in [3.05, 3.63) is 53.0 Å². The van der Waals surface area contributed by atoms with Gasteiger partial charge in [-0.3, -0.25) is 14.6 Å². The minimum Gasteiger partial charge on any atom is -0.398 e. The lowest BCUT2D eigenvalue weighted by Gasteiger charge is -2.38. The molecule has 6 N–H and O–H groups in total. The van der Waals surface area contributed by atoms with E-state index in [2.05, 4.69) is 9.98 Å². The number of ketones is 1. The second-order valence-electron chi connectivity index (χ2n) is 10.1. The summed E-state index contributed by atoms with van der Waals surface area (Å²) in [7, 11) is -3.86. The Hall–Kier alpha value is -3.51. The van der Waals surface area contributed by atoms with Crippen molar-refractivity contribution in [2.24, 2.45) is 22.4 Å². The minimum atomic E-state index is -3.86. The zero-order valence-electron chi connectivity index (χ0n) is 22.4. The zero-order valence-corrected chi connectivity index (χ0v) is 24.0. The third kappa shape index (κ3) is 7.16. The minimum absolute atomic E-state index is 0.0421. The molecule has 0 saturated carbocycles. The molecule has 1 fully saturated rings. The molecule has 2 unspecified atom stereocenters. The Morgan fingerprint density at radius 1 is 1.12 bits per heavy atom. The molecule has 0 spiro atoms. The molecule has 214 valence electrons. The standard InChI is InChI=1S/C28H36N6O4S2/c29-23-10-3-9-22-21(23)8-4-11-25(22)40(37,38)18-19(6-5-14-33-28(30)31)27(36)34-16-2-1-7-20(34)12-13-24(35)26-32-15-17-39-26/h3-4,8-11,15,17,19-20H,1-2,5-7,12-14,16,18,29H2,(H4,30,31,33). The summed E-state index contributed by atoms with van der Waals surface area (Å²) >= 11 is 1.30. The lowest BCUT2D eigenvalue weighted by Crippen LogP contribution is -2.48. The number of nitrogens with zero attached hydrogens (tertiary/aromatic N) is 3. The average Bonchev–Trinajstić information content (AvgIpc) is 3.48. The monoisotopic (exact) mass is 584 g/mol. The fraction of sp³-hybridized carbons (Fsp3) is 0.429. The van der Waals surface area contributed by atoms with E-state index in [0.717, 1.165) is 19.3 Å². The largest absolute Gasteiger partial charge is 0.398 e. The highest BCUT2D eigenvalue weighted by Gasteiger charge is 2.35. The number of hydrogen-bond acceptors (Lipinski definition) is 8. The van der Waals surface area contributed by atoms with Gasteiger partial charge in [0.25, 0.3) is 0 Å². The Kier molecular flexibility index (Phi) is 9.75. The van der Waals surface area contributed by atoms with Crippen LogP contribution in [-0.4, -0.2) is 60.8 Å². The van der Waals surface area contributed by atoms with Gasteiger partial charge in [-0.15, -0.1) is 11.3 Å². The van der Waals surface area contributed by atoms with Crippen LogP contribution in [0.3, 0.4) is 0 Å². The number of piperidine rings is 1. The van der Waals surface area contributed by atoms with Crippen molar-refractivity contribution in [2.75, 3.05) is 24.6 Å². The molecule has 2 heterocycles. The normalized spacial score (nSPS) is 16.5. The van der Waals surface area contributed by atoms with Crippen LogP contribution in [-0.2, 0) is 14.6 Å². The number of nitrogen functional groups attached to an aromatic ring is 1. The number of thiazole rings is 1. The Morgan fingerprint density at radius 2 is 1.90 bits per heavy atom. The maximum Gasteiger partial charge on any atom is 0.226 e. The van der Waals surface area contributed by atoms with Crippen molar-refractivity contribution in [1.82, 2.24) is 9.88 Å². The summed E-state index contributed by atoms with van der Waals surface area (Å²) in [4.78, 5) is 36.6. The van der Waals surface area contributed by atoms with E-state index in [1.807, 2.05) is 0 Å². The van der Waals surface area contributed by atoms with Crippen molar-refractivity contribution in [1.29, 1.82) is 0 Å². The third-order valence-corrected chi connectivity index (χ3v) is 9.99. The molecule has 3 aromatic rings. The van der Waals surface area contributed by atoms with Gasteiger partial charge in [-0.05, 0) is 50.7 Å². The zero-order chi connectivity index (χ0) is 28.7. The molecule has 1 aromatic heterocycles. The summed E-state index contributed by atoms with van der Waals surface area (Å²) in [5.41, 5.74) is 17.5. The molecule has 2 aromatic carbocycles. The molecule has 1 aliphatic rings. The molecule has 2 atom stereocenters. The fourth-order valence-electron chi connectivity index (χ4n) is 5.35. The molecule has 1 amide bonds. The molecule has 1 aliphatic heterocycles. The van der Waals surface area contributed by atoms with E-state index in [-0.39, 0.29) is 40.8 Å². The van der Waals surface area contributed by atoms with Gasteiger partial charge in [-0.1, -0.05) is 24.3 Å². The number of Topliss-reactive ketones (excluding diaryl/α,β-unsaturated/α-hetero) is 1. The number of aromatic nitrogens is 1. The van der Waals surface area contributed by atoms with Gasteiger partial charge in [0, 0.05) is 53.6 Å². The molecule has 12 heteroatoms. The number of anilines is 1. The van der Waals surface area contributed by atoms with Crippen LogP contribution in [0, 0.1) is 5.92 Å². The number of sulfone groups is 1. The number of carbonyl (C=O) groups excluding carboxylic acids is 2. The Labute approximate surface area is 238 Å². The number of aliphatic imine (C=N–C) groups is 1. The summed E-state index contributed by atoms with van der Waals surface area (Å²) in [5.74, 6) is -1.43. The number of hydrogen-bond donors (Lipinski definition) is 3. The van der Waals surface area contributed by atoms with Gasteiger partial charge < -0.3 is 22.1 Å². The third-order valence-electron chi connectivity index (χ3n) is 7.31. The number of fused-ring (bicyclic) bond motifs is 1. The molecule has 0 radical (unpaired) electrons. The topological polar surface area (TPSA) is 175 Å². The maximum atomic E-state index is 14.0. The van der Waals surface area contributed by atoms with Crippen molar-refractivity contribution in [3.8, 4) is 0 Å². The quantitative estimate of drug-likeness (QED) is 0.0954. The number of nitrogens with two attached hydrogens (primary N) is 3. The molecule has 0 bridgehead atoms. The summed E-state index contributed by atoms with van der Waals surface area (Å²) in [6, 6.07) is 10.1. The SMILES string of the molecule is NC(N)=NCCCC(CS(=O)(=O)c1cccc2c(N)cccc12)C(=O)N1CCCCC1CCC(=O)c1nccs1. The van der Waals surface area contributed by atoms with Gasteiger partial charge >= 0.3 is 0 Å². The van der Waals surface area contributed by atoms with E-state index < -0.39 is 15.8 Å². The predicted octanol–water partition coefficient (Wildman–Crippen LogP) is 3.37. The first kappa shape index (κ1) is 29.5. The van der Waals surface area contributed by atoms with Gasteiger partial charge in [0.2, 0.25) is 5.91 Å². The average molecular weight is 585 g/mol. The van der Waals surface area contributed by atoms with E-state index >= 15 is 0 Å². The molecule has 40 heavy (non-hydrogen) atoms. The number of benzene rings is 2. The summed E-state index contributed by atoms with van der Waals surface area (Å²) < 4.78 is 27.6. The van der Waals surface area contributed by atoms with Crippen molar-refractivity contribution in [3.63, 3.8) is 0 Å². The highest BCUT2D eigenvalue weighted by molar-refractivity contribution is 7.91. The first-order chi connectivity index (χ1) is 19.2. The van der Waals surface area contributed by atoms with Crippen LogP contribution < -0.4 is 17.2 Å². The summed E-state index contributed by atoms with van der Waals surface area (Å²) in [5, 5.41) is 3.42. The van der Waals surface area contributed by atoms with E-state index in [9.17, 15) is 18.0 Å². The van der Waals surface area contributed by atoms with Crippen molar-refractivity contribution >= 4 is 55.3 Å². The van der Waals surface area contributed by atoms with Crippen LogP contribution in [0.5, 0.6) is 0 Å². The number of carbonyl (C=O) groups is 2. The van der Waals surface area contributed by atoms with E-state index in [1.165, 1.54) is 11.3 Å². The number of likely N-dealkylation sites (tertiary alicyclic amines) is 1. The number of guanidine groups is 1. The second kappa shape index (κ2) is 13.2. The number of amides is 1. The summed E-state index contributed by atoms with van der Waals surface area (Å²) in [6.07, 6.45) is 5.71. The van der Waals surface area contributed by atoms with Crippen LogP contribution in [0.25, 0.3) is 10.8 Å². The van der Waals surface area contributed by atoms with Gasteiger partial charge in [-0.2, -0.15) is 0 Å². The highest BCUT2D eigenvalue weighted by atomic mass is 32.2. The van der Waals surface area contributed by atoms with Gasteiger partial charge in [-0.25, -0.2) is 13.4 Å². The van der Waals surface area contributed by atoms with E-state index in [1.54, 1.807) is 52.9 Å². The van der Waals surface area contributed by atoms with Crippen LogP contribution in [0.2, 0.25) is 0 Å². The number of rotatable bonds is 12. The Balaban J connectivity index is 1.57. The fourth-order valence-corrected chi connectivity index (χ4v) is 7.77. The smallest absolute Gasteiger partial charge is 0.226 e. The Morgan fingerprint density at radius 3 is 2.65 bits per heavy atom. The molecule has 4 rings (SSSR count). The lowest BCUT2D eigenvalue weighted by atomic mass is 9.94. The molecular formula is C28H36N6O4S2. The predicted molar refractivity (Wildman–Crippen MR) is 159 cm³/mol. The lowest BCUT2D eigenvalue weighted by molar-refractivity contribution is -0.139. The van der Waals surface area contributed by atoms with Crippen molar-refractivity contribution < 1.29 is 18.0 Å². The first-order valence-corrected chi connectivity index (χ1v) is 16.0. The van der Waals surface area contributed by atoms with Crippen LogP contribution >= 0.6 is 11.3 Å². The maximum absolute atomic E-state index is 14.0. The van der Waals surface area contributed by atoms with Gasteiger partial charge in [0.15, 0.2) is 26.6 Å². The Bertz CT molecular complexity index is 1470. The van der Waals surface area contributed by atoms with E-state index in [4.69, 9.17) is 17.2 Å². The van der Waals surface area contributed by atoms with Crippen LogP contribution in [0.4, 0.5) is 5.69 Å².